The monoisotopic (exact) mass is 330 g/mol. The highest BCUT2D eigenvalue weighted by Crippen LogP contribution is 2.31. The van der Waals surface area contributed by atoms with E-state index in [0.29, 0.717) is 17.4 Å². The van der Waals surface area contributed by atoms with E-state index in [1.807, 2.05) is 30.0 Å². The fourth-order valence-corrected chi connectivity index (χ4v) is 3.78. The molecule has 0 spiro atoms. The van der Waals surface area contributed by atoms with Gasteiger partial charge in [-0.25, -0.2) is 0 Å². The third kappa shape index (κ3) is 3.96. The van der Waals surface area contributed by atoms with E-state index in [4.69, 9.17) is 4.74 Å². The molecule has 1 N–H and O–H groups in total. The summed E-state index contributed by atoms with van der Waals surface area (Å²) in [7, 11) is 0. The standard InChI is InChI=1S/C19H26N2O3/c1-14-4-2-3-5-17(14)19(23)20-12-18(22)21-9-6-16(13-21)15-7-10-24-11-8-15/h2-5,15-16H,6-13H2,1H3,(H,20,23)/t16-/m0/s1. The number of likely N-dealkylation sites (tertiary alicyclic amines) is 1. The molecule has 5 nitrogen and oxygen atoms in total. The van der Waals surface area contributed by atoms with Crippen molar-refractivity contribution >= 4 is 11.8 Å². The Morgan fingerprint density at radius 2 is 1.92 bits per heavy atom. The maximum Gasteiger partial charge on any atom is 0.251 e. The normalized spacial score (nSPS) is 21.7. The number of aryl methyl sites for hydroxylation is 1. The van der Waals surface area contributed by atoms with Crippen LogP contribution in [0.5, 0.6) is 0 Å². The molecule has 1 atom stereocenters. The molecule has 1 aromatic rings. The van der Waals surface area contributed by atoms with Gasteiger partial charge in [0.05, 0.1) is 6.54 Å². The van der Waals surface area contributed by atoms with Crippen molar-refractivity contribution in [1.29, 1.82) is 0 Å². The fraction of sp³-hybridized carbons (Fsp3) is 0.579. The van der Waals surface area contributed by atoms with Crippen molar-refractivity contribution in [1.82, 2.24) is 10.2 Å². The minimum Gasteiger partial charge on any atom is -0.381 e. The molecule has 0 saturated carbocycles. The summed E-state index contributed by atoms with van der Waals surface area (Å²) in [5.41, 5.74) is 1.55. The number of nitrogens with zero attached hydrogens (tertiary/aromatic N) is 1. The number of nitrogens with one attached hydrogen (secondary N) is 1. The van der Waals surface area contributed by atoms with Crippen LogP contribution in [-0.2, 0) is 9.53 Å². The lowest BCUT2D eigenvalue weighted by molar-refractivity contribution is -0.129. The number of hydrogen-bond donors (Lipinski definition) is 1. The third-order valence-electron chi connectivity index (χ3n) is 5.30. The first kappa shape index (κ1) is 17.0. The molecule has 130 valence electrons. The molecule has 2 amide bonds. The summed E-state index contributed by atoms with van der Waals surface area (Å²) in [5, 5.41) is 2.76. The summed E-state index contributed by atoms with van der Waals surface area (Å²) < 4.78 is 5.42. The summed E-state index contributed by atoms with van der Waals surface area (Å²) in [5.74, 6) is 1.11. The fourth-order valence-electron chi connectivity index (χ4n) is 3.78. The Morgan fingerprint density at radius 1 is 1.17 bits per heavy atom. The number of rotatable bonds is 4. The van der Waals surface area contributed by atoms with Crippen LogP contribution in [0, 0.1) is 18.8 Å². The number of ether oxygens (including phenoxy) is 1. The summed E-state index contributed by atoms with van der Waals surface area (Å²) in [6, 6.07) is 7.42. The Labute approximate surface area is 143 Å². The van der Waals surface area contributed by atoms with Gasteiger partial charge >= 0.3 is 0 Å². The lowest BCUT2D eigenvalue weighted by Gasteiger charge is -2.27. The average Bonchev–Trinajstić information content (AvgIpc) is 3.11. The maximum atomic E-state index is 12.4. The molecule has 0 radical (unpaired) electrons. The molecule has 3 rings (SSSR count). The Bertz CT molecular complexity index is 596. The van der Waals surface area contributed by atoms with Crippen LogP contribution in [0.3, 0.4) is 0 Å². The highest BCUT2D eigenvalue weighted by molar-refractivity contribution is 5.97. The molecule has 0 aromatic heterocycles. The second-order valence-electron chi connectivity index (χ2n) is 6.84. The lowest BCUT2D eigenvalue weighted by Crippen LogP contribution is -2.39. The van der Waals surface area contributed by atoms with E-state index in [2.05, 4.69) is 5.32 Å². The van der Waals surface area contributed by atoms with E-state index in [-0.39, 0.29) is 18.4 Å². The van der Waals surface area contributed by atoms with Gasteiger partial charge in [0.1, 0.15) is 0 Å². The van der Waals surface area contributed by atoms with E-state index in [9.17, 15) is 9.59 Å². The summed E-state index contributed by atoms with van der Waals surface area (Å²) >= 11 is 0. The molecule has 0 bridgehead atoms. The van der Waals surface area contributed by atoms with Gasteiger partial charge in [-0.1, -0.05) is 18.2 Å². The second-order valence-corrected chi connectivity index (χ2v) is 6.84. The number of amides is 2. The Hall–Kier alpha value is -1.88. The number of carbonyl (C=O) groups excluding carboxylic acids is 2. The SMILES string of the molecule is Cc1ccccc1C(=O)NCC(=O)N1CC[C@H](C2CCOCC2)C1. The highest BCUT2D eigenvalue weighted by Gasteiger charge is 2.32. The van der Waals surface area contributed by atoms with Crippen LogP contribution < -0.4 is 5.32 Å². The van der Waals surface area contributed by atoms with Crippen molar-refractivity contribution in [2.75, 3.05) is 32.8 Å². The minimum atomic E-state index is -0.179. The van der Waals surface area contributed by atoms with Gasteiger partial charge in [0.25, 0.3) is 5.91 Å². The largest absolute Gasteiger partial charge is 0.381 e. The highest BCUT2D eigenvalue weighted by atomic mass is 16.5. The molecule has 0 unspecified atom stereocenters. The van der Waals surface area contributed by atoms with Crippen LogP contribution >= 0.6 is 0 Å². The van der Waals surface area contributed by atoms with E-state index < -0.39 is 0 Å². The number of benzene rings is 1. The predicted octanol–water partition coefficient (Wildman–Crippen LogP) is 2.00. The van der Waals surface area contributed by atoms with E-state index >= 15 is 0 Å². The quantitative estimate of drug-likeness (QED) is 0.919. The Morgan fingerprint density at radius 3 is 2.67 bits per heavy atom. The van der Waals surface area contributed by atoms with Crippen LogP contribution in [0.1, 0.15) is 35.2 Å². The van der Waals surface area contributed by atoms with Crippen molar-refractivity contribution in [3.8, 4) is 0 Å². The zero-order valence-electron chi connectivity index (χ0n) is 14.3. The van der Waals surface area contributed by atoms with Gasteiger partial charge in [0.15, 0.2) is 0 Å². The molecule has 2 aliphatic heterocycles. The molecule has 1 aromatic carbocycles. The number of hydrogen-bond acceptors (Lipinski definition) is 3. The van der Waals surface area contributed by atoms with E-state index in [0.717, 1.165) is 51.1 Å². The topological polar surface area (TPSA) is 58.6 Å². The molecule has 2 aliphatic rings. The van der Waals surface area contributed by atoms with Gasteiger partial charge in [-0.15, -0.1) is 0 Å². The van der Waals surface area contributed by atoms with Gasteiger partial charge in [0.2, 0.25) is 5.91 Å². The second kappa shape index (κ2) is 7.79. The first-order valence-electron chi connectivity index (χ1n) is 8.84. The van der Waals surface area contributed by atoms with Crippen molar-refractivity contribution in [2.24, 2.45) is 11.8 Å². The number of carbonyl (C=O) groups is 2. The van der Waals surface area contributed by atoms with Gasteiger partial charge in [0, 0.05) is 31.9 Å². The van der Waals surface area contributed by atoms with E-state index in [1.54, 1.807) is 6.07 Å². The zero-order valence-corrected chi connectivity index (χ0v) is 14.3. The smallest absolute Gasteiger partial charge is 0.251 e. The van der Waals surface area contributed by atoms with Gasteiger partial charge in [-0.05, 0) is 49.7 Å². The van der Waals surface area contributed by atoms with Crippen LogP contribution in [0.4, 0.5) is 0 Å². The molecule has 2 heterocycles. The third-order valence-corrected chi connectivity index (χ3v) is 5.30. The van der Waals surface area contributed by atoms with Gasteiger partial charge < -0.3 is 15.0 Å². The van der Waals surface area contributed by atoms with Crippen LogP contribution in [0.2, 0.25) is 0 Å². The molecular weight excluding hydrogens is 304 g/mol. The maximum absolute atomic E-state index is 12.4. The van der Waals surface area contributed by atoms with Gasteiger partial charge in [-0.3, -0.25) is 9.59 Å². The molecule has 0 aliphatic carbocycles. The molecule has 5 heteroatoms. The van der Waals surface area contributed by atoms with Crippen molar-refractivity contribution < 1.29 is 14.3 Å². The van der Waals surface area contributed by atoms with Gasteiger partial charge in [-0.2, -0.15) is 0 Å². The minimum absolute atomic E-state index is 0.0199. The molecular formula is C19H26N2O3. The van der Waals surface area contributed by atoms with Crippen LogP contribution in [-0.4, -0.2) is 49.6 Å². The summed E-state index contributed by atoms with van der Waals surface area (Å²) in [6.07, 6.45) is 3.29. The van der Waals surface area contributed by atoms with Crippen molar-refractivity contribution in [3.63, 3.8) is 0 Å². The summed E-state index contributed by atoms with van der Waals surface area (Å²) in [4.78, 5) is 26.5. The molecule has 2 fully saturated rings. The van der Waals surface area contributed by atoms with Crippen molar-refractivity contribution in [2.45, 2.75) is 26.2 Å². The Kier molecular flexibility index (Phi) is 5.51. The zero-order chi connectivity index (χ0) is 16.9. The Balaban J connectivity index is 1.47. The predicted molar refractivity (Wildman–Crippen MR) is 91.7 cm³/mol. The van der Waals surface area contributed by atoms with Crippen LogP contribution in [0.25, 0.3) is 0 Å². The van der Waals surface area contributed by atoms with E-state index in [1.165, 1.54) is 0 Å². The lowest BCUT2D eigenvalue weighted by atomic mass is 9.85. The molecule has 24 heavy (non-hydrogen) atoms. The van der Waals surface area contributed by atoms with Crippen LogP contribution in [0.15, 0.2) is 24.3 Å². The first-order valence-corrected chi connectivity index (χ1v) is 8.84. The van der Waals surface area contributed by atoms with Crippen molar-refractivity contribution in [3.05, 3.63) is 35.4 Å². The molecule has 2 saturated heterocycles. The first-order chi connectivity index (χ1) is 11.6. The average molecular weight is 330 g/mol. The summed E-state index contributed by atoms with van der Waals surface area (Å²) in [6.45, 7) is 5.30.